The van der Waals surface area contributed by atoms with Crippen molar-refractivity contribution in [1.82, 2.24) is 29.5 Å². The minimum Gasteiger partial charge on any atom is -0.481 e. The highest BCUT2D eigenvalue weighted by molar-refractivity contribution is 5.50. The molecule has 1 aliphatic heterocycles. The Kier molecular flexibility index (Phi) is 3.60. The molecule has 0 bridgehead atoms. The van der Waals surface area contributed by atoms with Crippen LogP contribution in [0.3, 0.4) is 0 Å². The molecule has 4 heterocycles. The zero-order chi connectivity index (χ0) is 16.5. The lowest BCUT2D eigenvalue weighted by Gasteiger charge is -2.36. The number of anilines is 2. The third-order valence-corrected chi connectivity index (χ3v) is 4.13. The maximum Gasteiger partial charge on any atom is 0.254 e. The number of piperazine rings is 1. The number of aromatic nitrogens is 6. The third kappa shape index (κ3) is 2.57. The van der Waals surface area contributed by atoms with Gasteiger partial charge < -0.3 is 14.5 Å². The minimum atomic E-state index is 0.580. The van der Waals surface area contributed by atoms with Gasteiger partial charge in [-0.25, -0.2) is 15.0 Å². The molecule has 0 N–H and O–H groups in total. The molecular weight excluding hydrogens is 308 g/mol. The second-order valence-corrected chi connectivity index (χ2v) is 5.62. The van der Waals surface area contributed by atoms with Crippen molar-refractivity contribution in [3.8, 4) is 5.88 Å². The lowest BCUT2D eigenvalue weighted by atomic mass is 10.3. The molecule has 124 valence electrons. The molecule has 1 saturated heterocycles. The van der Waals surface area contributed by atoms with Gasteiger partial charge in [0.15, 0.2) is 0 Å². The fourth-order valence-electron chi connectivity index (χ4n) is 2.92. The zero-order valence-electron chi connectivity index (χ0n) is 13.6. The third-order valence-electron chi connectivity index (χ3n) is 4.13. The standard InChI is InChI=1S/C15H18N8O/c1-11-7-14(23-15(20-11)18-10-19-23)22-5-3-21(4-6-22)12-8-13(24-2)17-9-16-12/h7-10H,3-6H2,1-2H3. The van der Waals surface area contributed by atoms with Crippen molar-refractivity contribution in [3.63, 3.8) is 0 Å². The van der Waals surface area contributed by atoms with E-state index >= 15 is 0 Å². The van der Waals surface area contributed by atoms with E-state index in [9.17, 15) is 0 Å². The van der Waals surface area contributed by atoms with E-state index in [1.54, 1.807) is 11.6 Å². The molecule has 24 heavy (non-hydrogen) atoms. The summed E-state index contributed by atoms with van der Waals surface area (Å²) in [4.78, 5) is 21.5. The molecule has 0 atom stereocenters. The molecule has 0 radical (unpaired) electrons. The molecule has 0 aliphatic carbocycles. The van der Waals surface area contributed by atoms with E-state index in [-0.39, 0.29) is 0 Å². The first-order valence-corrected chi connectivity index (χ1v) is 7.78. The van der Waals surface area contributed by atoms with Crippen molar-refractivity contribution in [2.45, 2.75) is 6.92 Å². The first-order chi connectivity index (χ1) is 11.7. The summed E-state index contributed by atoms with van der Waals surface area (Å²) in [5.41, 5.74) is 0.938. The highest BCUT2D eigenvalue weighted by atomic mass is 16.5. The normalized spacial score (nSPS) is 15.1. The highest BCUT2D eigenvalue weighted by Gasteiger charge is 2.21. The molecule has 0 aromatic carbocycles. The number of fused-ring (bicyclic) bond motifs is 1. The van der Waals surface area contributed by atoms with Crippen LogP contribution in [0.2, 0.25) is 0 Å². The molecule has 0 saturated carbocycles. The second-order valence-electron chi connectivity index (χ2n) is 5.62. The predicted molar refractivity (Wildman–Crippen MR) is 88.5 cm³/mol. The molecule has 9 heteroatoms. The van der Waals surface area contributed by atoms with Gasteiger partial charge in [0.25, 0.3) is 5.78 Å². The predicted octanol–water partition coefficient (Wildman–Crippen LogP) is 0.558. The van der Waals surface area contributed by atoms with E-state index in [0.29, 0.717) is 11.7 Å². The summed E-state index contributed by atoms with van der Waals surface area (Å²) < 4.78 is 6.96. The number of hydrogen-bond donors (Lipinski definition) is 0. The van der Waals surface area contributed by atoms with Crippen molar-refractivity contribution < 1.29 is 4.74 Å². The lowest BCUT2D eigenvalue weighted by Crippen LogP contribution is -2.47. The fourth-order valence-corrected chi connectivity index (χ4v) is 2.92. The molecule has 0 spiro atoms. The molecule has 3 aromatic rings. The Bertz CT molecular complexity index is 856. The molecule has 4 rings (SSSR count). The molecule has 0 unspecified atom stereocenters. The van der Waals surface area contributed by atoms with E-state index in [1.165, 1.54) is 12.7 Å². The number of ether oxygens (including phenoxy) is 1. The summed E-state index contributed by atoms with van der Waals surface area (Å²) in [5.74, 6) is 3.12. The summed E-state index contributed by atoms with van der Waals surface area (Å²) >= 11 is 0. The van der Waals surface area contributed by atoms with E-state index in [4.69, 9.17) is 4.74 Å². The van der Waals surface area contributed by atoms with Gasteiger partial charge in [-0.2, -0.15) is 14.6 Å². The molecule has 3 aromatic heterocycles. The van der Waals surface area contributed by atoms with Crippen molar-refractivity contribution in [2.24, 2.45) is 0 Å². The first kappa shape index (κ1) is 14.6. The van der Waals surface area contributed by atoms with Crippen LogP contribution in [0.4, 0.5) is 11.6 Å². The topological polar surface area (TPSA) is 84.6 Å². The van der Waals surface area contributed by atoms with E-state index < -0.39 is 0 Å². The van der Waals surface area contributed by atoms with Crippen molar-refractivity contribution in [2.75, 3.05) is 43.1 Å². The fraction of sp³-hybridized carbons (Fsp3) is 0.400. The van der Waals surface area contributed by atoms with Gasteiger partial charge in [0.1, 0.15) is 24.3 Å². The van der Waals surface area contributed by atoms with Gasteiger partial charge in [0, 0.05) is 44.0 Å². The van der Waals surface area contributed by atoms with Crippen LogP contribution in [0.15, 0.2) is 24.8 Å². The summed E-state index contributed by atoms with van der Waals surface area (Å²) in [7, 11) is 1.61. The largest absolute Gasteiger partial charge is 0.481 e. The lowest BCUT2D eigenvalue weighted by molar-refractivity contribution is 0.396. The average molecular weight is 326 g/mol. The summed E-state index contributed by atoms with van der Waals surface area (Å²) in [6.45, 7) is 5.42. The van der Waals surface area contributed by atoms with Gasteiger partial charge >= 0.3 is 0 Å². The van der Waals surface area contributed by atoms with Crippen LogP contribution in [-0.2, 0) is 0 Å². The van der Waals surface area contributed by atoms with E-state index in [0.717, 1.165) is 43.5 Å². The van der Waals surface area contributed by atoms with Crippen molar-refractivity contribution in [1.29, 1.82) is 0 Å². The molecule has 9 nitrogen and oxygen atoms in total. The van der Waals surface area contributed by atoms with Gasteiger partial charge in [-0.05, 0) is 6.92 Å². The maximum atomic E-state index is 5.17. The number of hydrogen-bond acceptors (Lipinski definition) is 8. The van der Waals surface area contributed by atoms with Crippen LogP contribution in [-0.4, -0.2) is 62.8 Å². The average Bonchev–Trinajstić information content (AvgIpc) is 3.09. The number of methoxy groups -OCH3 is 1. The van der Waals surface area contributed by atoms with Crippen LogP contribution in [0, 0.1) is 6.92 Å². The molecule has 0 amide bonds. The van der Waals surface area contributed by atoms with Crippen molar-refractivity contribution in [3.05, 3.63) is 30.5 Å². The summed E-state index contributed by atoms with van der Waals surface area (Å²) in [6, 6.07) is 3.91. The quantitative estimate of drug-likeness (QED) is 0.690. The number of aryl methyl sites for hydroxylation is 1. The van der Waals surface area contributed by atoms with Gasteiger partial charge in [0.2, 0.25) is 5.88 Å². The molecular formula is C15H18N8O. The van der Waals surface area contributed by atoms with Gasteiger partial charge in [0.05, 0.1) is 7.11 Å². The van der Waals surface area contributed by atoms with Crippen LogP contribution in [0.25, 0.3) is 5.78 Å². The second kappa shape index (κ2) is 5.91. The smallest absolute Gasteiger partial charge is 0.254 e. The Labute approximate surface area is 138 Å². The SMILES string of the molecule is COc1cc(N2CCN(c3cc(C)nc4ncnn34)CC2)ncn1. The van der Waals surface area contributed by atoms with Crippen LogP contribution < -0.4 is 14.5 Å². The monoisotopic (exact) mass is 326 g/mol. The highest BCUT2D eigenvalue weighted by Crippen LogP contribution is 2.21. The van der Waals surface area contributed by atoms with Gasteiger partial charge in [-0.15, -0.1) is 0 Å². The van der Waals surface area contributed by atoms with Crippen LogP contribution in [0.5, 0.6) is 5.88 Å². The first-order valence-electron chi connectivity index (χ1n) is 7.78. The Morgan fingerprint density at radius 1 is 0.958 bits per heavy atom. The Balaban J connectivity index is 1.54. The van der Waals surface area contributed by atoms with Gasteiger partial charge in [-0.1, -0.05) is 0 Å². The maximum absolute atomic E-state index is 5.17. The zero-order valence-corrected chi connectivity index (χ0v) is 13.6. The van der Waals surface area contributed by atoms with E-state index in [1.807, 2.05) is 19.1 Å². The summed E-state index contributed by atoms with van der Waals surface area (Å²) in [6.07, 6.45) is 3.07. The Morgan fingerprint density at radius 2 is 1.75 bits per heavy atom. The van der Waals surface area contributed by atoms with Crippen LogP contribution >= 0.6 is 0 Å². The minimum absolute atomic E-state index is 0.580. The molecule has 1 aliphatic rings. The number of rotatable bonds is 3. The van der Waals surface area contributed by atoms with Crippen LogP contribution in [0.1, 0.15) is 5.69 Å². The summed E-state index contributed by atoms with van der Waals surface area (Å²) in [5, 5.41) is 4.29. The Hall–Kier alpha value is -2.97. The Morgan fingerprint density at radius 3 is 2.54 bits per heavy atom. The number of nitrogens with zero attached hydrogens (tertiary/aromatic N) is 8. The molecule has 1 fully saturated rings. The van der Waals surface area contributed by atoms with Gasteiger partial charge in [-0.3, -0.25) is 0 Å². The van der Waals surface area contributed by atoms with E-state index in [2.05, 4.69) is 34.8 Å². The van der Waals surface area contributed by atoms with Crippen molar-refractivity contribution >= 4 is 17.4 Å².